The number of halogens is 1. The summed E-state index contributed by atoms with van der Waals surface area (Å²) in [6.45, 7) is 4.86. The van der Waals surface area contributed by atoms with E-state index in [1.165, 1.54) is 6.07 Å². The quantitative estimate of drug-likeness (QED) is 0.586. The molecule has 0 saturated carbocycles. The molecule has 4 rings (SSSR count). The highest BCUT2D eigenvalue weighted by atomic mass is 35.5. The van der Waals surface area contributed by atoms with Gasteiger partial charge in [0.15, 0.2) is 0 Å². The van der Waals surface area contributed by atoms with Crippen molar-refractivity contribution in [1.29, 1.82) is 0 Å². The SMILES string of the molecule is Cc1ccc(NS(=O)(=O)c2cc(-c3noc(C(=O)N4CCCCC4)n3)ccc2C)cc1Cl. The molecule has 10 heteroatoms. The minimum Gasteiger partial charge on any atom is -0.334 e. The molecule has 0 aliphatic carbocycles. The van der Waals surface area contributed by atoms with Gasteiger partial charge >= 0.3 is 11.8 Å². The maximum atomic E-state index is 13.0. The first-order chi connectivity index (χ1) is 15.2. The van der Waals surface area contributed by atoms with Crippen molar-refractivity contribution in [2.75, 3.05) is 17.8 Å². The van der Waals surface area contributed by atoms with Gasteiger partial charge in [0.25, 0.3) is 10.0 Å². The van der Waals surface area contributed by atoms with Crippen molar-refractivity contribution < 1.29 is 17.7 Å². The smallest absolute Gasteiger partial charge is 0.316 e. The van der Waals surface area contributed by atoms with E-state index in [0.717, 1.165) is 24.8 Å². The van der Waals surface area contributed by atoms with Gasteiger partial charge in [0.1, 0.15) is 0 Å². The molecule has 0 atom stereocenters. The van der Waals surface area contributed by atoms with Crippen molar-refractivity contribution >= 4 is 33.2 Å². The third-order valence-electron chi connectivity index (χ3n) is 5.41. The molecule has 32 heavy (non-hydrogen) atoms. The van der Waals surface area contributed by atoms with Gasteiger partial charge in [0, 0.05) is 23.7 Å². The maximum absolute atomic E-state index is 13.0. The third kappa shape index (κ3) is 4.63. The molecule has 1 fully saturated rings. The van der Waals surface area contributed by atoms with Crippen LogP contribution in [0.5, 0.6) is 0 Å². The van der Waals surface area contributed by atoms with Crippen LogP contribution in [0.3, 0.4) is 0 Å². The Bertz CT molecular complexity index is 1270. The minimum absolute atomic E-state index is 0.0698. The Morgan fingerprint density at radius 3 is 2.50 bits per heavy atom. The average molecular weight is 475 g/mol. The molecule has 0 unspecified atom stereocenters. The fourth-order valence-corrected chi connectivity index (χ4v) is 5.06. The van der Waals surface area contributed by atoms with E-state index in [1.807, 2.05) is 6.92 Å². The van der Waals surface area contributed by atoms with Crippen LogP contribution in [-0.2, 0) is 10.0 Å². The van der Waals surface area contributed by atoms with Gasteiger partial charge in [-0.3, -0.25) is 9.52 Å². The number of hydrogen-bond acceptors (Lipinski definition) is 6. The van der Waals surface area contributed by atoms with Crippen LogP contribution in [0.25, 0.3) is 11.4 Å². The highest BCUT2D eigenvalue weighted by Crippen LogP contribution is 2.27. The first-order valence-corrected chi connectivity index (χ1v) is 12.1. The molecule has 2 heterocycles. The lowest BCUT2D eigenvalue weighted by molar-refractivity contribution is 0.0674. The summed E-state index contributed by atoms with van der Waals surface area (Å²) in [6.07, 6.45) is 3.00. The molecule has 8 nitrogen and oxygen atoms in total. The predicted octanol–water partition coefficient (Wildman–Crippen LogP) is 4.43. The summed E-state index contributed by atoms with van der Waals surface area (Å²) < 4.78 is 33.8. The monoisotopic (exact) mass is 474 g/mol. The van der Waals surface area contributed by atoms with Crippen molar-refractivity contribution in [1.82, 2.24) is 15.0 Å². The zero-order valence-electron chi connectivity index (χ0n) is 17.8. The number of carbonyl (C=O) groups excluding carboxylic acids is 1. The molecule has 0 bridgehead atoms. The van der Waals surface area contributed by atoms with E-state index in [0.29, 0.717) is 34.9 Å². The van der Waals surface area contributed by atoms with Gasteiger partial charge in [-0.2, -0.15) is 4.98 Å². The molecular formula is C22H23ClN4O4S. The van der Waals surface area contributed by atoms with E-state index >= 15 is 0 Å². The van der Waals surface area contributed by atoms with Crippen LogP contribution in [0, 0.1) is 13.8 Å². The summed E-state index contributed by atoms with van der Waals surface area (Å²) in [5, 5.41) is 4.36. The van der Waals surface area contributed by atoms with E-state index in [2.05, 4.69) is 14.9 Å². The van der Waals surface area contributed by atoms with Crippen LogP contribution in [0.2, 0.25) is 5.02 Å². The largest absolute Gasteiger partial charge is 0.334 e. The van der Waals surface area contributed by atoms with Crippen molar-refractivity contribution in [3.63, 3.8) is 0 Å². The number of aryl methyl sites for hydroxylation is 2. The number of piperidine rings is 1. The van der Waals surface area contributed by atoms with Gasteiger partial charge in [-0.05, 0) is 62.4 Å². The predicted molar refractivity (Wildman–Crippen MR) is 121 cm³/mol. The van der Waals surface area contributed by atoms with Gasteiger partial charge in [0.05, 0.1) is 10.6 Å². The zero-order valence-corrected chi connectivity index (χ0v) is 19.3. The number of benzene rings is 2. The lowest BCUT2D eigenvalue weighted by atomic mass is 10.1. The normalized spacial score (nSPS) is 14.4. The summed E-state index contributed by atoms with van der Waals surface area (Å²) in [5.41, 5.74) is 2.19. The molecule has 1 aromatic heterocycles. The van der Waals surface area contributed by atoms with Gasteiger partial charge in [-0.25, -0.2) is 8.42 Å². The Balaban J connectivity index is 1.60. The summed E-state index contributed by atoms with van der Waals surface area (Å²) in [7, 11) is -3.90. The van der Waals surface area contributed by atoms with Crippen LogP contribution < -0.4 is 4.72 Å². The Morgan fingerprint density at radius 2 is 1.78 bits per heavy atom. The number of nitrogens with zero attached hydrogens (tertiary/aromatic N) is 3. The van der Waals surface area contributed by atoms with E-state index < -0.39 is 10.0 Å². The second-order valence-electron chi connectivity index (χ2n) is 7.83. The van der Waals surface area contributed by atoms with Crippen LogP contribution in [0.4, 0.5) is 5.69 Å². The van der Waals surface area contributed by atoms with Crippen molar-refractivity contribution in [3.8, 4) is 11.4 Å². The van der Waals surface area contributed by atoms with Gasteiger partial charge in [-0.1, -0.05) is 35.0 Å². The molecule has 0 spiro atoms. The maximum Gasteiger partial charge on any atom is 0.316 e. The lowest BCUT2D eigenvalue weighted by Crippen LogP contribution is -2.35. The number of anilines is 1. The summed E-state index contributed by atoms with van der Waals surface area (Å²) >= 11 is 6.12. The number of nitrogens with one attached hydrogen (secondary N) is 1. The van der Waals surface area contributed by atoms with Crippen LogP contribution in [0.15, 0.2) is 45.8 Å². The number of rotatable bonds is 5. The molecule has 1 saturated heterocycles. The fourth-order valence-electron chi connectivity index (χ4n) is 3.56. The topological polar surface area (TPSA) is 105 Å². The number of aromatic nitrogens is 2. The Morgan fingerprint density at radius 1 is 1.06 bits per heavy atom. The minimum atomic E-state index is -3.90. The standard InChI is InChI=1S/C22H23ClN4O4S/c1-14-7-9-17(13-18(14)23)26-32(29,30)19-12-16(8-6-15(19)2)20-24-21(31-25-20)22(28)27-10-4-3-5-11-27/h6-9,12-13,26H,3-5,10-11H2,1-2H3. The Kier molecular flexibility index (Phi) is 6.21. The summed E-state index contributed by atoms with van der Waals surface area (Å²) in [4.78, 5) is 18.6. The molecule has 2 aromatic carbocycles. The highest BCUT2D eigenvalue weighted by molar-refractivity contribution is 7.92. The number of carbonyl (C=O) groups is 1. The Hall–Kier alpha value is -2.91. The summed E-state index contributed by atoms with van der Waals surface area (Å²) in [5.74, 6) is -0.249. The zero-order chi connectivity index (χ0) is 22.9. The first kappa shape index (κ1) is 22.3. The van der Waals surface area contributed by atoms with Crippen LogP contribution in [-0.4, -0.2) is 42.5 Å². The number of amides is 1. The van der Waals surface area contributed by atoms with Crippen molar-refractivity contribution in [3.05, 3.63) is 58.4 Å². The van der Waals surface area contributed by atoms with Crippen LogP contribution in [0.1, 0.15) is 41.1 Å². The Labute approximate surface area is 191 Å². The molecular weight excluding hydrogens is 452 g/mol. The average Bonchev–Trinajstić information content (AvgIpc) is 3.26. The van der Waals surface area contributed by atoms with Gasteiger partial charge in [0.2, 0.25) is 5.82 Å². The van der Waals surface area contributed by atoms with Crippen molar-refractivity contribution in [2.24, 2.45) is 0 Å². The number of hydrogen-bond donors (Lipinski definition) is 1. The number of likely N-dealkylation sites (tertiary alicyclic amines) is 1. The molecule has 1 N–H and O–H groups in total. The second-order valence-corrected chi connectivity index (χ2v) is 9.88. The third-order valence-corrected chi connectivity index (χ3v) is 7.34. The molecule has 1 aliphatic rings. The lowest BCUT2D eigenvalue weighted by Gasteiger charge is -2.24. The van der Waals surface area contributed by atoms with E-state index in [4.69, 9.17) is 16.1 Å². The molecule has 1 aliphatic heterocycles. The first-order valence-electron chi connectivity index (χ1n) is 10.3. The highest BCUT2D eigenvalue weighted by Gasteiger charge is 2.25. The second kappa shape index (κ2) is 8.91. The van der Waals surface area contributed by atoms with E-state index in [9.17, 15) is 13.2 Å². The molecule has 0 radical (unpaired) electrons. The summed E-state index contributed by atoms with van der Waals surface area (Å²) in [6, 6.07) is 9.77. The molecule has 1 amide bonds. The fraction of sp³-hybridized carbons (Fsp3) is 0.318. The number of sulfonamides is 1. The molecule has 168 valence electrons. The van der Waals surface area contributed by atoms with Gasteiger partial charge < -0.3 is 9.42 Å². The van der Waals surface area contributed by atoms with E-state index in [1.54, 1.807) is 42.2 Å². The molecule has 3 aromatic rings. The van der Waals surface area contributed by atoms with Gasteiger partial charge in [-0.15, -0.1) is 0 Å². The van der Waals surface area contributed by atoms with Crippen LogP contribution >= 0.6 is 11.6 Å². The van der Waals surface area contributed by atoms with Crippen molar-refractivity contribution in [2.45, 2.75) is 38.0 Å². The van der Waals surface area contributed by atoms with E-state index in [-0.39, 0.29) is 22.5 Å².